The van der Waals surface area contributed by atoms with Crippen molar-refractivity contribution in [2.45, 2.75) is 25.9 Å². The Morgan fingerprint density at radius 3 is 3.08 bits per heavy atom. The van der Waals surface area contributed by atoms with E-state index in [1.54, 1.807) is 6.07 Å². The third-order valence-electron chi connectivity index (χ3n) is 2.46. The molecule has 0 aliphatic carbocycles. The minimum Gasteiger partial charge on any atom is -0.310 e. The van der Waals surface area contributed by atoms with Crippen molar-refractivity contribution in [1.82, 2.24) is 5.32 Å². The first-order valence-electron chi connectivity index (χ1n) is 4.48. The molecule has 1 aromatic carbocycles. The summed E-state index contributed by atoms with van der Waals surface area (Å²) < 4.78 is 0. The van der Waals surface area contributed by atoms with E-state index in [0.29, 0.717) is 11.7 Å². The number of hydrogen-bond acceptors (Lipinski definition) is 3. The molecule has 1 aromatic rings. The number of nitrogens with one attached hydrogen (secondary N) is 1. The molecular formula is C10H12N2O. The quantitative estimate of drug-likeness (QED) is 0.666. The van der Waals surface area contributed by atoms with E-state index in [-0.39, 0.29) is 0 Å². The lowest BCUT2D eigenvalue weighted by Gasteiger charge is -2.22. The first-order valence-corrected chi connectivity index (χ1v) is 4.48. The molecule has 1 aliphatic heterocycles. The van der Waals surface area contributed by atoms with Crippen molar-refractivity contribution in [3.8, 4) is 0 Å². The molecule has 1 atom stereocenters. The van der Waals surface area contributed by atoms with Crippen molar-refractivity contribution < 1.29 is 0 Å². The number of fused-ring (bicyclic) bond motifs is 1. The number of nitrogens with zero attached hydrogens (tertiary/aromatic N) is 1. The molecule has 13 heavy (non-hydrogen) atoms. The molecule has 3 heteroatoms. The maximum atomic E-state index is 10.3. The van der Waals surface area contributed by atoms with Crippen LogP contribution >= 0.6 is 0 Å². The molecule has 2 rings (SSSR count). The summed E-state index contributed by atoms with van der Waals surface area (Å²) in [6, 6.07) is 6.18. The van der Waals surface area contributed by atoms with Gasteiger partial charge in [0.05, 0.1) is 0 Å². The Bertz CT molecular complexity index is 336. The van der Waals surface area contributed by atoms with Gasteiger partial charge < -0.3 is 5.32 Å². The minimum atomic E-state index is 0.523. The van der Waals surface area contributed by atoms with Gasteiger partial charge in [-0.3, -0.25) is 0 Å². The van der Waals surface area contributed by atoms with Crippen LogP contribution in [0.5, 0.6) is 0 Å². The summed E-state index contributed by atoms with van der Waals surface area (Å²) in [5.74, 6) is 0. The van der Waals surface area contributed by atoms with Gasteiger partial charge in [0, 0.05) is 12.6 Å². The van der Waals surface area contributed by atoms with Crippen LogP contribution in [-0.4, -0.2) is 6.04 Å². The van der Waals surface area contributed by atoms with Crippen LogP contribution in [0.25, 0.3) is 0 Å². The third kappa shape index (κ3) is 1.60. The summed E-state index contributed by atoms with van der Waals surface area (Å²) >= 11 is 0. The van der Waals surface area contributed by atoms with E-state index in [1.165, 1.54) is 11.1 Å². The van der Waals surface area contributed by atoms with Crippen molar-refractivity contribution in [2.75, 3.05) is 0 Å². The highest BCUT2D eigenvalue weighted by Crippen LogP contribution is 2.22. The predicted molar refractivity (Wildman–Crippen MR) is 51.9 cm³/mol. The van der Waals surface area contributed by atoms with Crippen LogP contribution in [0.3, 0.4) is 0 Å². The zero-order chi connectivity index (χ0) is 9.26. The lowest BCUT2D eigenvalue weighted by atomic mass is 9.96. The first-order chi connectivity index (χ1) is 6.29. The largest absolute Gasteiger partial charge is 0.310 e. The van der Waals surface area contributed by atoms with Crippen molar-refractivity contribution in [2.24, 2.45) is 5.18 Å². The van der Waals surface area contributed by atoms with Gasteiger partial charge in [0.25, 0.3) is 0 Å². The second-order valence-electron chi connectivity index (χ2n) is 3.53. The molecule has 0 aromatic heterocycles. The van der Waals surface area contributed by atoms with E-state index < -0.39 is 0 Å². The van der Waals surface area contributed by atoms with Gasteiger partial charge in [-0.2, -0.15) is 0 Å². The molecule has 1 aliphatic rings. The minimum absolute atomic E-state index is 0.523. The molecule has 0 saturated carbocycles. The van der Waals surface area contributed by atoms with Crippen LogP contribution in [0.4, 0.5) is 5.69 Å². The van der Waals surface area contributed by atoms with Gasteiger partial charge in [-0.05, 0) is 41.8 Å². The zero-order valence-electron chi connectivity index (χ0n) is 7.58. The highest BCUT2D eigenvalue weighted by molar-refractivity contribution is 5.45. The van der Waals surface area contributed by atoms with Gasteiger partial charge >= 0.3 is 0 Å². The van der Waals surface area contributed by atoms with Crippen molar-refractivity contribution in [1.29, 1.82) is 0 Å². The predicted octanol–water partition coefficient (Wildman–Crippen LogP) is 2.12. The van der Waals surface area contributed by atoms with Crippen molar-refractivity contribution in [3.63, 3.8) is 0 Å². The van der Waals surface area contributed by atoms with Gasteiger partial charge in [0.2, 0.25) is 0 Å². The van der Waals surface area contributed by atoms with Crippen molar-refractivity contribution in [3.05, 3.63) is 34.2 Å². The summed E-state index contributed by atoms with van der Waals surface area (Å²) in [6.45, 7) is 3.01. The van der Waals surface area contributed by atoms with Crippen LogP contribution in [0.2, 0.25) is 0 Å². The Morgan fingerprint density at radius 1 is 1.46 bits per heavy atom. The van der Waals surface area contributed by atoms with Crippen LogP contribution in [0.15, 0.2) is 23.4 Å². The molecule has 3 nitrogen and oxygen atoms in total. The molecule has 0 amide bonds. The molecule has 0 saturated heterocycles. The fraction of sp³-hybridized carbons (Fsp3) is 0.400. The number of hydrogen-bond donors (Lipinski definition) is 1. The molecule has 68 valence electrons. The van der Waals surface area contributed by atoms with Gasteiger partial charge in [0.1, 0.15) is 5.69 Å². The molecule has 0 fully saturated rings. The van der Waals surface area contributed by atoms with E-state index in [9.17, 15) is 4.91 Å². The number of nitroso groups, excluding NO2 is 1. The summed E-state index contributed by atoms with van der Waals surface area (Å²) in [4.78, 5) is 10.3. The maximum Gasteiger partial charge on any atom is 0.108 e. The first kappa shape index (κ1) is 8.38. The van der Waals surface area contributed by atoms with Gasteiger partial charge in [-0.25, -0.2) is 0 Å². The van der Waals surface area contributed by atoms with Crippen LogP contribution in [-0.2, 0) is 13.0 Å². The molecule has 0 spiro atoms. The molecule has 1 unspecified atom stereocenters. The Labute approximate surface area is 77.1 Å². The van der Waals surface area contributed by atoms with Crippen LogP contribution in [0.1, 0.15) is 18.1 Å². The van der Waals surface area contributed by atoms with Gasteiger partial charge in [-0.1, -0.05) is 6.07 Å². The molecular weight excluding hydrogens is 164 g/mol. The normalized spacial score (nSPS) is 20.8. The lowest BCUT2D eigenvalue weighted by Crippen LogP contribution is -2.32. The second kappa shape index (κ2) is 3.26. The molecule has 1 N–H and O–H groups in total. The van der Waals surface area contributed by atoms with Crippen molar-refractivity contribution >= 4 is 5.69 Å². The summed E-state index contributed by atoms with van der Waals surface area (Å²) in [6.07, 6.45) is 1.04. The zero-order valence-corrected chi connectivity index (χ0v) is 7.58. The van der Waals surface area contributed by atoms with Crippen LogP contribution < -0.4 is 5.32 Å². The van der Waals surface area contributed by atoms with E-state index in [0.717, 1.165) is 13.0 Å². The van der Waals surface area contributed by atoms with Gasteiger partial charge in [-0.15, -0.1) is 4.91 Å². The standard InChI is InChI=1S/C10H12N2O/c1-7-4-8-2-3-10(12-13)5-9(8)6-11-7/h2-3,5,7,11H,4,6H2,1H3. The summed E-state index contributed by atoms with van der Waals surface area (Å²) in [7, 11) is 0. The van der Waals surface area contributed by atoms with E-state index in [2.05, 4.69) is 17.4 Å². The lowest BCUT2D eigenvalue weighted by molar-refractivity contribution is 0.514. The van der Waals surface area contributed by atoms with E-state index in [4.69, 9.17) is 0 Å². The SMILES string of the molecule is CC1Cc2ccc(N=O)cc2CN1. The second-order valence-corrected chi connectivity index (χ2v) is 3.53. The Balaban J connectivity index is 2.36. The Hall–Kier alpha value is -1.22. The molecule has 0 bridgehead atoms. The maximum absolute atomic E-state index is 10.3. The monoisotopic (exact) mass is 176 g/mol. The topological polar surface area (TPSA) is 41.5 Å². The van der Waals surface area contributed by atoms with E-state index in [1.807, 2.05) is 12.1 Å². The highest BCUT2D eigenvalue weighted by atomic mass is 16.3. The Kier molecular flexibility index (Phi) is 2.10. The fourth-order valence-corrected chi connectivity index (χ4v) is 1.72. The highest BCUT2D eigenvalue weighted by Gasteiger charge is 2.14. The fourth-order valence-electron chi connectivity index (χ4n) is 1.72. The third-order valence-corrected chi connectivity index (χ3v) is 2.46. The summed E-state index contributed by atoms with van der Waals surface area (Å²) in [5.41, 5.74) is 3.06. The number of rotatable bonds is 1. The summed E-state index contributed by atoms with van der Waals surface area (Å²) in [5, 5.41) is 6.27. The van der Waals surface area contributed by atoms with Crippen LogP contribution in [0, 0.1) is 4.91 Å². The van der Waals surface area contributed by atoms with Gasteiger partial charge in [0.15, 0.2) is 0 Å². The van der Waals surface area contributed by atoms with E-state index >= 15 is 0 Å². The average molecular weight is 176 g/mol. The molecule has 1 heterocycles. The smallest absolute Gasteiger partial charge is 0.108 e. The number of benzene rings is 1. The average Bonchev–Trinajstić information content (AvgIpc) is 2.17. The molecule has 0 radical (unpaired) electrons. The Morgan fingerprint density at radius 2 is 2.31 bits per heavy atom.